The third-order valence-corrected chi connectivity index (χ3v) is 4.76. The van der Waals surface area contributed by atoms with Crippen LogP contribution in [0.2, 0.25) is 0 Å². The fourth-order valence-corrected chi connectivity index (χ4v) is 3.21. The van der Waals surface area contributed by atoms with E-state index in [1.165, 1.54) is 19.3 Å². The Bertz CT molecular complexity index is 1360. The number of rotatable bonds is 7. The average molecular weight is 440 g/mol. The lowest BCUT2D eigenvalue weighted by molar-refractivity contribution is 0.101. The molecule has 3 heterocycles. The molecule has 0 unspecified atom stereocenters. The molecule has 0 aliphatic rings. The Hall–Kier alpha value is -4.78. The van der Waals surface area contributed by atoms with E-state index in [1.807, 2.05) is 24.3 Å². The molecule has 164 valence electrons. The molecule has 10 heteroatoms. The lowest BCUT2D eigenvalue weighted by Crippen LogP contribution is -2.05. The fourth-order valence-electron chi connectivity index (χ4n) is 3.21. The SMILES string of the molecule is COc1c(Nc2cc(Nc3ccc(C#N)cn3)ncc2C(C)=O)cccc1-c1ncn(C)n1. The third kappa shape index (κ3) is 4.62. The van der Waals surface area contributed by atoms with Gasteiger partial charge < -0.3 is 15.4 Å². The number of hydrogen-bond acceptors (Lipinski definition) is 9. The number of nitrogens with one attached hydrogen (secondary N) is 2. The Balaban J connectivity index is 1.70. The average Bonchev–Trinajstić information content (AvgIpc) is 3.25. The highest BCUT2D eigenvalue weighted by atomic mass is 16.5. The maximum Gasteiger partial charge on any atom is 0.184 e. The van der Waals surface area contributed by atoms with Crippen molar-refractivity contribution >= 4 is 28.8 Å². The Morgan fingerprint density at radius 2 is 1.88 bits per heavy atom. The van der Waals surface area contributed by atoms with E-state index in [0.717, 1.165) is 0 Å². The van der Waals surface area contributed by atoms with Crippen LogP contribution in [0, 0.1) is 11.3 Å². The van der Waals surface area contributed by atoms with Crippen LogP contribution in [0.4, 0.5) is 23.0 Å². The number of carbonyl (C=O) groups excluding carboxylic acids is 1. The summed E-state index contributed by atoms with van der Waals surface area (Å²) in [6.45, 7) is 1.48. The largest absolute Gasteiger partial charge is 0.494 e. The van der Waals surface area contributed by atoms with Gasteiger partial charge in [0.1, 0.15) is 24.0 Å². The van der Waals surface area contributed by atoms with E-state index in [1.54, 1.807) is 43.4 Å². The Labute approximate surface area is 189 Å². The Morgan fingerprint density at radius 3 is 2.52 bits per heavy atom. The highest BCUT2D eigenvalue weighted by Gasteiger charge is 2.17. The van der Waals surface area contributed by atoms with Crippen molar-refractivity contribution in [2.75, 3.05) is 17.7 Å². The summed E-state index contributed by atoms with van der Waals surface area (Å²) in [5.41, 5.74) is 2.76. The summed E-state index contributed by atoms with van der Waals surface area (Å²) in [5.74, 6) is 1.91. The molecule has 0 atom stereocenters. The number of aryl methyl sites for hydroxylation is 1. The van der Waals surface area contributed by atoms with Gasteiger partial charge in [0.25, 0.3) is 0 Å². The summed E-state index contributed by atoms with van der Waals surface area (Å²) < 4.78 is 7.27. The minimum atomic E-state index is -0.144. The summed E-state index contributed by atoms with van der Waals surface area (Å²) in [6.07, 6.45) is 4.57. The van der Waals surface area contributed by atoms with E-state index in [2.05, 4.69) is 30.7 Å². The van der Waals surface area contributed by atoms with Crippen molar-refractivity contribution in [3.8, 4) is 23.2 Å². The molecule has 0 aliphatic carbocycles. The predicted octanol–water partition coefficient (Wildman–Crippen LogP) is 3.84. The number of methoxy groups -OCH3 is 1. The van der Waals surface area contributed by atoms with Crippen molar-refractivity contribution in [1.29, 1.82) is 5.26 Å². The Morgan fingerprint density at radius 1 is 1.06 bits per heavy atom. The van der Waals surface area contributed by atoms with Crippen LogP contribution >= 0.6 is 0 Å². The van der Waals surface area contributed by atoms with E-state index in [9.17, 15) is 4.79 Å². The van der Waals surface area contributed by atoms with Gasteiger partial charge in [0.05, 0.1) is 35.2 Å². The van der Waals surface area contributed by atoms with Crippen molar-refractivity contribution in [2.45, 2.75) is 6.92 Å². The van der Waals surface area contributed by atoms with Crippen LogP contribution in [0.25, 0.3) is 11.4 Å². The minimum absolute atomic E-state index is 0.144. The lowest BCUT2D eigenvalue weighted by Gasteiger charge is -2.16. The molecule has 3 aromatic heterocycles. The lowest BCUT2D eigenvalue weighted by atomic mass is 10.1. The molecule has 1 aromatic carbocycles. The molecule has 0 radical (unpaired) electrons. The number of hydrogen-bond donors (Lipinski definition) is 2. The number of nitriles is 1. The molecule has 0 saturated carbocycles. The molecule has 4 aromatic rings. The first-order valence-electron chi connectivity index (χ1n) is 9.92. The van der Waals surface area contributed by atoms with Gasteiger partial charge in [-0.15, -0.1) is 0 Å². The molecule has 0 fully saturated rings. The molecule has 0 bridgehead atoms. The van der Waals surface area contributed by atoms with E-state index in [0.29, 0.717) is 51.3 Å². The molecule has 0 aliphatic heterocycles. The topological polar surface area (TPSA) is 131 Å². The number of ketones is 1. The summed E-state index contributed by atoms with van der Waals surface area (Å²) in [4.78, 5) is 25.1. The summed E-state index contributed by atoms with van der Waals surface area (Å²) >= 11 is 0. The quantitative estimate of drug-likeness (QED) is 0.411. The molecular weight excluding hydrogens is 420 g/mol. The van der Waals surface area contributed by atoms with Gasteiger partial charge in [0.2, 0.25) is 0 Å². The van der Waals surface area contributed by atoms with Crippen molar-refractivity contribution in [3.63, 3.8) is 0 Å². The second kappa shape index (κ2) is 9.15. The molecule has 2 N–H and O–H groups in total. The maximum atomic E-state index is 12.2. The zero-order valence-electron chi connectivity index (χ0n) is 18.2. The zero-order valence-corrected chi connectivity index (χ0v) is 18.2. The van der Waals surface area contributed by atoms with Gasteiger partial charge in [-0.3, -0.25) is 9.48 Å². The van der Waals surface area contributed by atoms with Crippen LogP contribution in [-0.2, 0) is 7.05 Å². The molecule has 10 nitrogen and oxygen atoms in total. The van der Waals surface area contributed by atoms with Crippen LogP contribution < -0.4 is 15.4 Å². The predicted molar refractivity (Wildman–Crippen MR) is 123 cm³/mol. The first kappa shape index (κ1) is 21.5. The second-order valence-electron chi connectivity index (χ2n) is 7.09. The first-order chi connectivity index (χ1) is 16.0. The van der Waals surface area contributed by atoms with Crippen molar-refractivity contribution in [1.82, 2.24) is 24.7 Å². The van der Waals surface area contributed by atoms with Crippen LogP contribution in [0.15, 0.2) is 55.1 Å². The van der Waals surface area contributed by atoms with Crippen molar-refractivity contribution < 1.29 is 9.53 Å². The molecule has 33 heavy (non-hydrogen) atoms. The Kier molecular flexibility index (Phi) is 5.95. The van der Waals surface area contributed by atoms with E-state index in [-0.39, 0.29) is 5.78 Å². The van der Waals surface area contributed by atoms with E-state index >= 15 is 0 Å². The molecule has 4 rings (SSSR count). The van der Waals surface area contributed by atoms with Gasteiger partial charge in [-0.2, -0.15) is 10.4 Å². The highest BCUT2D eigenvalue weighted by molar-refractivity contribution is 6.00. The monoisotopic (exact) mass is 440 g/mol. The van der Waals surface area contributed by atoms with Gasteiger partial charge in [-0.05, 0) is 31.2 Å². The normalized spacial score (nSPS) is 10.4. The molecule has 0 spiro atoms. The van der Waals surface area contributed by atoms with Gasteiger partial charge in [-0.1, -0.05) is 6.07 Å². The minimum Gasteiger partial charge on any atom is -0.494 e. The summed E-state index contributed by atoms with van der Waals surface area (Å²) in [5, 5.41) is 19.6. The number of carbonyl (C=O) groups is 1. The fraction of sp³-hybridized carbons (Fsp3) is 0.130. The van der Waals surface area contributed by atoms with Gasteiger partial charge in [-0.25, -0.2) is 15.0 Å². The summed E-state index contributed by atoms with van der Waals surface area (Å²) in [6, 6.07) is 12.6. The van der Waals surface area contributed by atoms with Crippen LogP contribution in [0.5, 0.6) is 5.75 Å². The number of aromatic nitrogens is 5. The van der Waals surface area contributed by atoms with E-state index < -0.39 is 0 Å². The molecule has 0 amide bonds. The maximum absolute atomic E-state index is 12.2. The third-order valence-electron chi connectivity index (χ3n) is 4.76. The van der Waals surface area contributed by atoms with Gasteiger partial charge >= 0.3 is 0 Å². The van der Waals surface area contributed by atoms with Crippen molar-refractivity contribution in [3.05, 3.63) is 66.2 Å². The number of para-hydroxylation sites is 1. The highest BCUT2D eigenvalue weighted by Crippen LogP contribution is 2.37. The zero-order chi connectivity index (χ0) is 23.4. The van der Waals surface area contributed by atoms with Crippen LogP contribution in [-0.4, -0.2) is 37.6 Å². The molecular formula is C23H20N8O2. The van der Waals surface area contributed by atoms with Gasteiger partial charge in [0, 0.05) is 25.5 Å². The van der Waals surface area contributed by atoms with Gasteiger partial charge in [0.15, 0.2) is 17.4 Å². The molecule has 0 saturated heterocycles. The number of Topliss-reactive ketones (excluding diaryl/α,β-unsaturated/α-hetero) is 1. The summed E-state index contributed by atoms with van der Waals surface area (Å²) in [7, 11) is 3.35. The number of anilines is 4. The van der Waals surface area contributed by atoms with Crippen LogP contribution in [0.3, 0.4) is 0 Å². The number of ether oxygens (including phenoxy) is 1. The smallest absolute Gasteiger partial charge is 0.184 e. The number of pyridine rings is 2. The number of nitrogens with zero attached hydrogens (tertiary/aromatic N) is 6. The van der Waals surface area contributed by atoms with Crippen LogP contribution in [0.1, 0.15) is 22.8 Å². The van der Waals surface area contributed by atoms with E-state index in [4.69, 9.17) is 10.00 Å². The number of benzene rings is 1. The van der Waals surface area contributed by atoms with Crippen molar-refractivity contribution in [2.24, 2.45) is 7.05 Å². The standard InChI is InChI=1S/C23H20N8O2/c1-14(32)17-12-26-21(29-20-8-7-15(10-24)11-25-20)9-19(17)28-18-6-4-5-16(22(18)33-3)23-27-13-31(2)30-23/h4-9,11-13H,1-3H3,(H2,25,26,28,29). The second-order valence-corrected chi connectivity index (χ2v) is 7.09. The first-order valence-corrected chi connectivity index (χ1v) is 9.92.